The molecule has 7 nitrogen and oxygen atoms in total. The molecule has 0 bridgehead atoms. The third-order valence-electron chi connectivity index (χ3n) is 5.06. The highest BCUT2D eigenvalue weighted by Gasteiger charge is 2.24. The highest BCUT2D eigenvalue weighted by Crippen LogP contribution is 2.15. The smallest absolute Gasteiger partial charge is 0.225 e. The number of hydrogen-bond donors (Lipinski definition) is 2. The predicted octanol–water partition coefficient (Wildman–Crippen LogP) is 0.366. The molecule has 1 atom stereocenters. The van der Waals surface area contributed by atoms with E-state index in [4.69, 9.17) is 0 Å². The summed E-state index contributed by atoms with van der Waals surface area (Å²) in [5, 5.41) is 5.69. The molecule has 1 aromatic rings. The number of pyridine rings is 1. The third kappa shape index (κ3) is 4.69. The van der Waals surface area contributed by atoms with Crippen molar-refractivity contribution in [2.24, 2.45) is 5.92 Å². The number of amides is 2. The molecule has 0 aromatic carbocycles. The van der Waals surface area contributed by atoms with Gasteiger partial charge in [-0.2, -0.15) is 0 Å². The van der Waals surface area contributed by atoms with Crippen LogP contribution in [0.2, 0.25) is 0 Å². The average Bonchev–Trinajstić information content (AvgIpc) is 2.67. The molecule has 2 aliphatic heterocycles. The number of aromatic nitrogens is 1. The molecule has 3 heterocycles. The molecule has 0 saturated carbocycles. The second-order valence-corrected chi connectivity index (χ2v) is 6.70. The molecule has 2 fully saturated rings. The average molecular weight is 345 g/mol. The number of nitrogens with one attached hydrogen (secondary N) is 2. The summed E-state index contributed by atoms with van der Waals surface area (Å²) >= 11 is 0. The molecule has 2 saturated heterocycles. The van der Waals surface area contributed by atoms with Crippen molar-refractivity contribution in [1.29, 1.82) is 0 Å². The Morgan fingerprint density at radius 3 is 2.72 bits per heavy atom. The lowest BCUT2D eigenvalue weighted by atomic mass is 9.98. The van der Waals surface area contributed by atoms with Crippen LogP contribution in [0.25, 0.3) is 0 Å². The van der Waals surface area contributed by atoms with Gasteiger partial charge in [-0.15, -0.1) is 0 Å². The van der Waals surface area contributed by atoms with Crippen molar-refractivity contribution in [2.75, 3.05) is 44.2 Å². The fourth-order valence-corrected chi connectivity index (χ4v) is 3.29. The molecule has 0 aliphatic carbocycles. The van der Waals surface area contributed by atoms with Gasteiger partial charge in [0, 0.05) is 51.9 Å². The van der Waals surface area contributed by atoms with Crippen LogP contribution in [0.5, 0.6) is 0 Å². The van der Waals surface area contributed by atoms with Crippen LogP contribution in [0.3, 0.4) is 0 Å². The fraction of sp³-hybridized carbons (Fsp3) is 0.611. The number of hydrogen-bond acceptors (Lipinski definition) is 5. The number of rotatable bonds is 5. The van der Waals surface area contributed by atoms with Gasteiger partial charge in [0.1, 0.15) is 5.82 Å². The summed E-state index contributed by atoms with van der Waals surface area (Å²) < 4.78 is 0. The summed E-state index contributed by atoms with van der Waals surface area (Å²) in [6.45, 7) is 8.37. The Bertz CT molecular complexity index is 586. The Balaban J connectivity index is 1.46. The highest BCUT2D eigenvalue weighted by atomic mass is 16.2. The maximum atomic E-state index is 12.2. The lowest BCUT2D eigenvalue weighted by Crippen LogP contribution is -2.46. The minimum Gasteiger partial charge on any atom is -0.355 e. The summed E-state index contributed by atoms with van der Waals surface area (Å²) in [5.41, 5.74) is 0.990. The molecule has 0 radical (unpaired) electrons. The number of anilines is 1. The molecule has 0 spiro atoms. The molecule has 2 aliphatic rings. The molecule has 3 rings (SSSR count). The molecule has 136 valence electrons. The van der Waals surface area contributed by atoms with E-state index >= 15 is 0 Å². The zero-order valence-corrected chi connectivity index (χ0v) is 14.8. The van der Waals surface area contributed by atoms with Crippen molar-refractivity contribution in [3.05, 3.63) is 23.9 Å². The van der Waals surface area contributed by atoms with E-state index in [-0.39, 0.29) is 17.7 Å². The first-order valence-corrected chi connectivity index (χ1v) is 9.12. The van der Waals surface area contributed by atoms with Crippen LogP contribution < -0.4 is 15.5 Å². The Morgan fingerprint density at radius 2 is 2.12 bits per heavy atom. The largest absolute Gasteiger partial charge is 0.355 e. The number of piperidine rings is 1. The number of likely N-dealkylation sites (N-methyl/N-ethyl adjacent to an activating group) is 1. The molecule has 25 heavy (non-hydrogen) atoms. The van der Waals surface area contributed by atoms with Crippen molar-refractivity contribution >= 4 is 17.6 Å². The molecule has 1 aromatic heterocycles. The second-order valence-electron chi connectivity index (χ2n) is 6.70. The summed E-state index contributed by atoms with van der Waals surface area (Å²) in [7, 11) is 0. The van der Waals surface area contributed by atoms with Crippen molar-refractivity contribution < 1.29 is 9.59 Å². The monoisotopic (exact) mass is 345 g/mol. The van der Waals surface area contributed by atoms with Gasteiger partial charge in [0.15, 0.2) is 0 Å². The van der Waals surface area contributed by atoms with Gasteiger partial charge >= 0.3 is 0 Å². The van der Waals surface area contributed by atoms with Gasteiger partial charge in [-0.3, -0.25) is 9.59 Å². The zero-order valence-electron chi connectivity index (χ0n) is 14.8. The van der Waals surface area contributed by atoms with E-state index in [0.717, 1.165) is 44.1 Å². The molecular weight excluding hydrogens is 318 g/mol. The summed E-state index contributed by atoms with van der Waals surface area (Å²) in [6.07, 6.45) is 2.89. The van der Waals surface area contributed by atoms with E-state index in [0.29, 0.717) is 25.9 Å². The van der Waals surface area contributed by atoms with Crippen molar-refractivity contribution in [2.45, 2.75) is 26.3 Å². The van der Waals surface area contributed by atoms with E-state index in [1.54, 1.807) is 0 Å². The minimum absolute atomic E-state index is 0.000218. The van der Waals surface area contributed by atoms with Gasteiger partial charge in [0.2, 0.25) is 11.8 Å². The zero-order chi connectivity index (χ0) is 17.6. The van der Waals surface area contributed by atoms with Gasteiger partial charge < -0.3 is 20.4 Å². The van der Waals surface area contributed by atoms with Crippen molar-refractivity contribution in [1.82, 2.24) is 20.5 Å². The second kappa shape index (κ2) is 8.29. The molecular formula is C18H27N5O2. The first-order valence-electron chi connectivity index (χ1n) is 9.12. The number of piperazine rings is 1. The summed E-state index contributed by atoms with van der Waals surface area (Å²) in [5.74, 6) is 0.906. The predicted molar refractivity (Wildman–Crippen MR) is 96.1 cm³/mol. The molecule has 1 unspecified atom stereocenters. The first kappa shape index (κ1) is 17.7. The lowest BCUT2D eigenvalue weighted by Gasteiger charge is -2.34. The van der Waals surface area contributed by atoms with E-state index < -0.39 is 0 Å². The maximum Gasteiger partial charge on any atom is 0.225 e. The lowest BCUT2D eigenvalue weighted by molar-refractivity contribution is -0.129. The fourth-order valence-electron chi connectivity index (χ4n) is 3.29. The maximum absolute atomic E-state index is 12.2. The number of carbonyl (C=O) groups excluding carboxylic acids is 2. The number of nitrogens with zero attached hydrogens (tertiary/aromatic N) is 3. The summed E-state index contributed by atoms with van der Waals surface area (Å²) in [4.78, 5) is 32.6. The van der Waals surface area contributed by atoms with Crippen molar-refractivity contribution in [3.63, 3.8) is 0 Å². The van der Waals surface area contributed by atoms with E-state index in [9.17, 15) is 9.59 Å². The van der Waals surface area contributed by atoms with Crippen LogP contribution in [-0.2, 0) is 16.1 Å². The van der Waals surface area contributed by atoms with E-state index in [1.165, 1.54) is 0 Å². The van der Waals surface area contributed by atoms with Gasteiger partial charge in [0.05, 0.1) is 5.92 Å². The van der Waals surface area contributed by atoms with E-state index in [1.807, 2.05) is 18.3 Å². The summed E-state index contributed by atoms with van der Waals surface area (Å²) in [6, 6.07) is 4.06. The molecule has 2 N–H and O–H groups in total. The van der Waals surface area contributed by atoms with Crippen LogP contribution >= 0.6 is 0 Å². The van der Waals surface area contributed by atoms with Gasteiger partial charge in [-0.25, -0.2) is 4.98 Å². The SMILES string of the molecule is CCN1CCN(c2ccc(CNC(=O)C3CCC(=O)NC3)cn2)CC1. The Morgan fingerprint density at radius 1 is 1.32 bits per heavy atom. The van der Waals surface area contributed by atoms with Crippen LogP contribution in [-0.4, -0.2) is 61.0 Å². The van der Waals surface area contributed by atoms with Crippen molar-refractivity contribution in [3.8, 4) is 0 Å². The van der Waals surface area contributed by atoms with Crippen LogP contribution in [0.4, 0.5) is 5.82 Å². The number of carbonyl (C=O) groups is 2. The van der Waals surface area contributed by atoms with E-state index in [2.05, 4.69) is 32.3 Å². The van der Waals surface area contributed by atoms with Crippen LogP contribution in [0.15, 0.2) is 18.3 Å². The minimum atomic E-state index is -0.125. The topological polar surface area (TPSA) is 77.6 Å². The Labute approximate surface area is 148 Å². The Kier molecular flexibility index (Phi) is 5.86. The quantitative estimate of drug-likeness (QED) is 0.806. The molecule has 7 heteroatoms. The third-order valence-corrected chi connectivity index (χ3v) is 5.06. The molecule has 2 amide bonds. The Hall–Kier alpha value is -2.15. The van der Waals surface area contributed by atoms with Gasteiger partial charge in [0.25, 0.3) is 0 Å². The standard InChI is InChI=1S/C18H27N5O2/c1-2-22-7-9-23(10-8-22)16-5-3-14(11-19-16)12-21-18(25)15-4-6-17(24)20-13-15/h3,5,11,15H,2,4,6-10,12-13H2,1H3,(H,20,24)(H,21,25). The van der Waals surface area contributed by atoms with Crippen LogP contribution in [0, 0.1) is 5.92 Å². The highest BCUT2D eigenvalue weighted by molar-refractivity contribution is 5.83. The van der Waals surface area contributed by atoms with Gasteiger partial charge in [-0.05, 0) is 24.6 Å². The van der Waals surface area contributed by atoms with Gasteiger partial charge in [-0.1, -0.05) is 13.0 Å². The first-order chi connectivity index (χ1) is 12.2. The normalized spacial score (nSPS) is 21.7. The van der Waals surface area contributed by atoms with Crippen LogP contribution in [0.1, 0.15) is 25.3 Å².